The number of rotatable bonds is 2. The van der Waals surface area contributed by atoms with Crippen LogP contribution in [0.4, 0.5) is 16.2 Å². The van der Waals surface area contributed by atoms with Crippen molar-refractivity contribution in [2.45, 2.75) is 44.9 Å². The van der Waals surface area contributed by atoms with Crippen LogP contribution in [0, 0.1) is 0 Å². The number of hydrogen-bond acceptors (Lipinski definition) is 5. The molecule has 1 unspecified atom stereocenters. The van der Waals surface area contributed by atoms with Gasteiger partial charge in [-0.3, -0.25) is 19.3 Å². The van der Waals surface area contributed by atoms with Gasteiger partial charge in [0.05, 0.1) is 11.4 Å². The normalized spacial score (nSPS) is 21.4. The molecule has 0 aliphatic carbocycles. The van der Waals surface area contributed by atoms with E-state index in [4.69, 9.17) is 4.74 Å². The third-order valence-corrected chi connectivity index (χ3v) is 6.88. The Morgan fingerprint density at radius 1 is 1.12 bits per heavy atom. The first-order valence-electron chi connectivity index (χ1n) is 10.5. The summed E-state index contributed by atoms with van der Waals surface area (Å²) in [7, 11) is 1.56. The average Bonchev–Trinajstić information content (AvgIpc) is 3.12. The summed E-state index contributed by atoms with van der Waals surface area (Å²) in [6, 6.07) is 8.74. The number of anilines is 2. The number of ether oxygens (including phenoxy) is 1. The lowest BCUT2D eigenvalue weighted by molar-refractivity contribution is -0.125. The second-order valence-electron chi connectivity index (χ2n) is 9.26. The summed E-state index contributed by atoms with van der Waals surface area (Å²) >= 11 is 6.94. The number of likely N-dealkylation sites (N-methyl/N-ethyl adjacent to an activating group) is 1. The van der Waals surface area contributed by atoms with Crippen LogP contribution in [0.5, 0.6) is 0 Å². The molecule has 0 spiro atoms. The molecular formula is C24H23Br2N3O5. The van der Waals surface area contributed by atoms with Crippen molar-refractivity contribution in [1.82, 2.24) is 5.32 Å². The minimum absolute atomic E-state index is 0.297. The molecule has 10 heteroatoms. The Kier molecular flexibility index (Phi) is 5.88. The summed E-state index contributed by atoms with van der Waals surface area (Å²) in [5.41, 5.74) is -1.26. The fraction of sp³-hybridized carbons (Fsp3) is 0.333. The van der Waals surface area contributed by atoms with Gasteiger partial charge < -0.3 is 15.0 Å². The van der Waals surface area contributed by atoms with Gasteiger partial charge in [0, 0.05) is 34.0 Å². The number of halogens is 2. The molecule has 0 saturated carbocycles. The molecule has 4 rings (SSSR count). The van der Waals surface area contributed by atoms with E-state index in [1.54, 1.807) is 64.2 Å². The van der Waals surface area contributed by atoms with Crippen LogP contribution in [0.25, 0.3) is 0 Å². The van der Waals surface area contributed by atoms with Crippen molar-refractivity contribution < 1.29 is 23.9 Å². The fourth-order valence-corrected chi connectivity index (χ4v) is 6.14. The van der Waals surface area contributed by atoms with Gasteiger partial charge in [-0.1, -0.05) is 28.1 Å². The molecule has 0 fully saturated rings. The highest BCUT2D eigenvalue weighted by Gasteiger charge is 2.64. The first kappa shape index (κ1) is 24.4. The largest absolute Gasteiger partial charge is 0.444 e. The third kappa shape index (κ3) is 3.63. The van der Waals surface area contributed by atoms with Crippen LogP contribution in [-0.4, -0.2) is 42.4 Å². The molecule has 34 heavy (non-hydrogen) atoms. The van der Waals surface area contributed by atoms with E-state index in [-0.39, 0.29) is 0 Å². The van der Waals surface area contributed by atoms with Crippen molar-refractivity contribution in [2.75, 3.05) is 16.8 Å². The quantitative estimate of drug-likeness (QED) is 0.553. The number of ketones is 1. The van der Waals surface area contributed by atoms with Crippen molar-refractivity contribution in [3.8, 4) is 0 Å². The average molecular weight is 593 g/mol. The Morgan fingerprint density at radius 3 is 2.38 bits per heavy atom. The fourth-order valence-electron chi connectivity index (χ4n) is 4.64. The molecule has 2 aliphatic heterocycles. The minimum atomic E-state index is -1.93. The van der Waals surface area contributed by atoms with Crippen molar-refractivity contribution in [3.05, 3.63) is 56.5 Å². The number of para-hydroxylation sites is 1. The van der Waals surface area contributed by atoms with E-state index in [1.807, 2.05) is 0 Å². The summed E-state index contributed by atoms with van der Waals surface area (Å²) in [4.78, 5) is 56.5. The molecule has 178 valence electrons. The number of benzene rings is 2. The molecule has 0 aromatic heterocycles. The monoisotopic (exact) mass is 591 g/mol. The van der Waals surface area contributed by atoms with Gasteiger partial charge in [0.25, 0.3) is 5.91 Å². The van der Waals surface area contributed by atoms with Crippen LogP contribution in [0.15, 0.2) is 45.3 Å². The van der Waals surface area contributed by atoms with E-state index in [1.165, 1.54) is 16.7 Å². The maximum Gasteiger partial charge on any atom is 0.408 e. The van der Waals surface area contributed by atoms with E-state index in [0.29, 0.717) is 31.4 Å². The van der Waals surface area contributed by atoms with Gasteiger partial charge in [-0.15, -0.1) is 0 Å². The molecule has 0 saturated heterocycles. The highest BCUT2D eigenvalue weighted by molar-refractivity contribution is 9.11. The Morgan fingerprint density at radius 2 is 1.76 bits per heavy atom. The second-order valence-corrected chi connectivity index (χ2v) is 11.0. The zero-order valence-electron chi connectivity index (χ0n) is 19.2. The number of alkyl carbamates (subject to hydrolysis) is 1. The van der Waals surface area contributed by atoms with Gasteiger partial charge in [0.15, 0.2) is 11.3 Å². The molecule has 0 radical (unpaired) electrons. The van der Waals surface area contributed by atoms with Crippen LogP contribution >= 0.6 is 31.9 Å². The zero-order chi connectivity index (χ0) is 25.2. The SMILES string of the molecule is CC(=O)N1c2ccccc2C(=O)C1[C@]1(NC(=O)OC(C)(C)C)C(=O)N(C)c2c(Br)cc(Br)cc21. The first-order valence-corrected chi connectivity index (χ1v) is 12.1. The zero-order valence-corrected chi connectivity index (χ0v) is 22.4. The molecule has 2 aromatic carbocycles. The number of nitrogens with one attached hydrogen (secondary N) is 1. The number of amides is 3. The lowest BCUT2D eigenvalue weighted by Crippen LogP contribution is -2.66. The summed E-state index contributed by atoms with van der Waals surface area (Å²) < 4.78 is 6.69. The summed E-state index contributed by atoms with van der Waals surface area (Å²) in [5.74, 6) is -1.45. The molecule has 1 N–H and O–H groups in total. The smallest absolute Gasteiger partial charge is 0.408 e. The number of carbonyl (C=O) groups excluding carboxylic acids is 4. The molecule has 8 nitrogen and oxygen atoms in total. The van der Waals surface area contributed by atoms with Gasteiger partial charge in [0.1, 0.15) is 11.6 Å². The maximum absolute atomic E-state index is 14.0. The van der Waals surface area contributed by atoms with Crippen molar-refractivity contribution >= 4 is 66.9 Å². The van der Waals surface area contributed by atoms with Crippen LogP contribution in [0.1, 0.15) is 43.6 Å². The molecule has 3 amide bonds. The maximum atomic E-state index is 14.0. The highest BCUT2D eigenvalue weighted by atomic mass is 79.9. The van der Waals surface area contributed by atoms with Crippen LogP contribution < -0.4 is 15.1 Å². The molecular weight excluding hydrogens is 570 g/mol. The number of nitrogens with zero attached hydrogens (tertiary/aromatic N) is 2. The van der Waals surface area contributed by atoms with Crippen LogP contribution in [-0.2, 0) is 19.9 Å². The summed E-state index contributed by atoms with van der Waals surface area (Å²) in [6.07, 6.45) is -0.884. The Labute approximate surface area is 213 Å². The van der Waals surface area contributed by atoms with E-state index in [0.717, 1.165) is 0 Å². The molecule has 2 atom stereocenters. The summed E-state index contributed by atoms with van der Waals surface area (Å²) in [5, 5.41) is 2.72. The van der Waals surface area contributed by atoms with Gasteiger partial charge in [0.2, 0.25) is 5.91 Å². The van der Waals surface area contributed by atoms with Crippen LogP contribution in [0.2, 0.25) is 0 Å². The third-order valence-electron chi connectivity index (χ3n) is 5.81. The lowest BCUT2D eigenvalue weighted by Gasteiger charge is -2.38. The van der Waals surface area contributed by atoms with E-state index in [2.05, 4.69) is 37.2 Å². The molecule has 2 aromatic rings. The summed E-state index contributed by atoms with van der Waals surface area (Å²) in [6.45, 7) is 6.41. The Bertz CT molecular complexity index is 1260. The predicted molar refractivity (Wildman–Crippen MR) is 134 cm³/mol. The van der Waals surface area contributed by atoms with Crippen LogP contribution in [0.3, 0.4) is 0 Å². The standard InChI is InChI=1S/C24H23Br2N3O5/c1-12(30)29-17-9-7-6-8-14(17)19(31)20(29)24(27-22(33)34-23(2,3)4)15-10-13(25)11-16(26)18(15)28(5)21(24)32/h6-11,20H,1-5H3,(H,27,33)/t20?,24-/m0/s1. The van der Waals surface area contributed by atoms with Crippen molar-refractivity contribution in [2.24, 2.45) is 0 Å². The lowest BCUT2D eigenvalue weighted by atomic mass is 9.81. The van der Waals surface area contributed by atoms with E-state index in [9.17, 15) is 19.2 Å². The van der Waals surface area contributed by atoms with Gasteiger partial charge in [-0.05, 0) is 61.0 Å². The Balaban J connectivity index is 2.02. The first-order chi connectivity index (χ1) is 15.8. The molecule has 2 aliphatic rings. The van der Waals surface area contributed by atoms with Crippen molar-refractivity contribution in [1.29, 1.82) is 0 Å². The van der Waals surface area contributed by atoms with E-state index < -0.39 is 40.9 Å². The number of Topliss-reactive ketones (excluding diaryl/α,β-unsaturated/α-hetero) is 1. The van der Waals surface area contributed by atoms with Gasteiger partial charge >= 0.3 is 6.09 Å². The predicted octanol–water partition coefficient (Wildman–Crippen LogP) is 4.53. The van der Waals surface area contributed by atoms with Gasteiger partial charge in [-0.2, -0.15) is 0 Å². The molecule has 0 bridgehead atoms. The number of fused-ring (bicyclic) bond motifs is 2. The number of carbonyl (C=O) groups is 4. The Hall–Kier alpha value is -2.72. The van der Waals surface area contributed by atoms with Gasteiger partial charge in [-0.25, -0.2) is 4.79 Å². The molecule has 2 heterocycles. The van der Waals surface area contributed by atoms with E-state index >= 15 is 0 Å². The second kappa shape index (κ2) is 8.20. The topological polar surface area (TPSA) is 96.0 Å². The number of hydrogen-bond donors (Lipinski definition) is 1. The highest BCUT2D eigenvalue weighted by Crippen LogP contribution is 2.51. The minimum Gasteiger partial charge on any atom is -0.444 e. The van der Waals surface area contributed by atoms with Crippen molar-refractivity contribution in [3.63, 3.8) is 0 Å².